The van der Waals surface area contributed by atoms with Crippen LogP contribution < -0.4 is 0 Å². The highest BCUT2D eigenvalue weighted by molar-refractivity contribution is 6.10. The van der Waals surface area contributed by atoms with E-state index >= 15 is 0 Å². The first-order valence-corrected chi connectivity index (χ1v) is 14.2. The molecule has 0 unspecified atom stereocenters. The highest BCUT2D eigenvalue weighted by atomic mass is 19.4. The van der Waals surface area contributed by atoms with Gasteiger partial charge in [0, 0.05) is 11.1 Å². The molecule has 0 aromatic heterocycles. The number of hydrogen-bond donors (Lipinski definition) is 2. The van der Waals surface area contributed by atoms with Crippen molar-refractivity contribution < 1.29 is 62.9 Å². The Kier molecular flexibility index (Phi) is 7.99. The molecule has 0 aliphatic rings. The maximum absolute atomic E-state index is 13.5. The van der Waals surface area contributed by atoms with E-state index in [2.05, 4.69) is 0 Å². The Hall–Kier alpha value is -5.40. The minimum Gasteiger partial charge on any atom is -0.507 e. The normalized spacial score (nSPS) is 13.0. The smallest absolute Gasteiger partial charge is 0.416 e. The van der Waals surface area contributed by atoms with Gasteiger partial charge in [0.25, 0.3) is 0 Å². The maximum Gasteiger partial charge on any atom is 0.416 e. The average Bonchev–Trinajstić information content (AvgIpc) is 3.02. The van der Waals surface area contributed by atoms with Gasteiger partial charge in [-0.15, -0.1) is 0 Å². The van der Waals surface area contributed by atoms with Gasteiger partial charge in [-0.25, -0.2) is 0 Å². The standard InChI is InChI=1S/C36H18F12O2/c37-33(38,39)23-11-21(12-24(15-23)34(40,41)42)17-1-5-27-19(9-17)3-7-29(49)31(27)32-28-6-2-18(10-20(28)4-8-30(32)50)22-13-25(35(43,44)45)16-26(14-22)36(46,47)48/h1-16,49-50H. The van der Waals surface area contributed by atoms with Crippen LogP contribution in [0.5, 0.6) is 11.5 Å². The fourth-order valence-corrected chi connectivity index (χ4v) is 5.76. The molecule has 50 heavy (non-hydrogen) atoms. The molecule has 0 saturated carbocycles. The Morgan fingerprint density at radius 1 is 0.320 bits per heavy atom. The van der Waals surface area contributed by atoms with Crippen molar-refractivity contribution in [2.45, 2.75) is 24.7 Å². The Bertz CT molecular complexity index is 2070. The zero-order valence-corrected chi connectivity index (χ0v) is 24.7. The number of halogens is 12. The highest BCUT2D eigenvalue weighted by Crippen LogP contribution is 2.47. The molecule has 6 aromatic carbocycles. The van der Waals surface area contributed by atoms with Gasteiger partial charge in [-0.05, 0) is 104 Å². The van der Waals surface area contributed by atoms with Gasteiger partial charge in [-0.3, -0.25) is 0 Å². The molecule has 0 bridgehead atoms. The average molecular weight is 711 g/mol. The summed E-state index contributed by atoms with van der Waals surface area (Å²) < 4.78 is 162. The van der Waals surface area contributed by atoms with Crippen LogP contribution in [0.2, 0.25) is 0 Å². The summed E-state index contributed by atoms with van der Waals surface area (Å²) in [4.78, 5) is 0. The lowest BCUT2D eigenvalue weighted by Crippen LogP contribution is -2.11. The summed E-state index contributed by atoms with van der Waals surface area (Å²) in [7, 11) is 0. The van der Waals surface area contributed by atoms with Crippen LogP contribution in [0, 0.1) is 0 Å². The summed E-state index contributed by atoms with van der Waals surface area (Å²) in [6.07, 6.45) is -20.3. The van der Waals surface area contributed by atoms with Crippen molar-refractivity contribution in [3.63, 3.8) is 0 Å². The molecule has 2 N–H and O–H groups in total. The summed E-state index contributed by atoms with van der Waals surface area (Å²) in [5.74, 6) is -0.800. The van der Waals surface area contributed by atoms with E-state index in [9.17, 15) is 62.9 Å². The Labute approximate surface area is 273 Å². The number of alkyl halides is 12. The molecule has 6 rings (SSSR count). The van der Waals surface area contributed by atoms with Gasteiger partial charge >= 0.3 is 24.7 Å². The number of phenolic OH excluding ortho intramolecular Hbond substituents is 2. The van der Waals surface area contributed by atoms with E-state index < -0.39 is 69.6 Å². The first-order chi connectivity index (χ1) is 23.1. The Balaban J connectivity index is 1.51. The predicted molar refractivity (Wildman–Crippen MR) is 161 cm³/mol. The van der Waals surface area contributed by atoms with Gasteiger partial charge in [-0.1, -0.05) is 36.4 Å². The Morgan fingerprint density at radius 3 is 0.900 bits per heavy atom. The summed E-state index contributed by atoms with van der Waals surface area (Å²) in [5, 5.41) is 22.8. The van der Waals surface area contributed by atoms with Crippen LogP contribution in [0.1, 0.15) is 22.3 Å². The van der Waals surface area contributed by atoms with Crippen LogP contribution in [0.15, 0.2) is 97.1 Å². The molecular formula is C36H18F12O2. The zero-order chi connectivity index (χ0) is 36.6. The molecule has 6 aromatic rings. The van der Waals surface area contributed by atoms with Crippen molar-refractivity contribution in [1.82, 2.24) is 0 Å². The lowest BCUT2D eigenvalue weighted by molar-refractivity contribution is -0.144. The lowest BCUT2D eigenvalue weighted by atomic mass is 9.89. The number of benzene rings is 6. The van der Waals surface area contributed by atoms with Crippen LogP contribution >= 0.6 is 0 Å². The van der Waals surface area contributed by atoms with E-state index in [1.165, 1.54) is 60.7 Å². The van der Waals surface area contributed by atoms with Crippen molar-refractivity contribution in [1.29, 1.82) is 0 Å². The molecule has 0 aliphatic heterocycles. The summed E-state index contributed by atoms with van der Waals surface area (Å²) in [6.45, 7) is 0. The lowest BCUT2D eigenvalue weighted by Gasteiger charge is -2.17. The first-order valence-electron chi connectivity index (χ1n) is 14.2. The highest BCUT2D eigenvalue weighted by Gasteiger charge is 2.38. The summed E-state index contributed by atoms with van der Waals surface area (Å²) in [5.41, 5.74) is -6.95. The van der Waals surface area contributed by atoms with Crippen molar-refractivity contribution in [2.24, 2.45) is 0 Å². The maximum atomic E-state index is 13.5. The monoisotopic (exact) mass is 710 g/mol. The third-order valence-corrected chi connectivity index (χ3v) is 8.09. The topological polar surface area (TPSA) is 40.5 Å². The Morgan fingerprint density at radius 2 is 0.620 bits per heavy atom. The second kappa shape index (κ2) is 11.6. The van der Waals surface area contributed by atoms with Gasteiger partial charge in [0.15, 0.2) is 0 Å². The van der Waals surface area contributed by atoms with E-state index in [4.69, 9.17) is 0 Å². The molecule has 0 fully saturated rings. The molecule has 0 atom stereocenters. The SMILES string of the molecule is Oc1ccc2cc(-c3cc(C(F)(F)F)cc(C(F)(F)F)c3)ccc2c1-c1c(O)ccc2cc(-c3cc(C(F)(F)F)cc(C(F)(F)F)c3)ccc12. The largest absolute Gasteiger partial charge is 0.507 e. The van der Waals surface area contributed by atoms with Crippen molar-refractivity contribution in [3.05, 3.63) is 119 Å². The number of fused-ring (bicyclic) bond motifs is 2. The first kappa shape index (κ1) is 34.5. The van der Waals surface area contributed by atoms with Crippen LogP contribution in [-0.2, 0) is 24.7 Å². The molecule has 0 amide bonds. The molecule has 0 saturated heterocycles. The molecule has 0 aliphatic carbocycles. The molecule has 0 spiro atoms. The van der Waals surface area contributed by atoms with Crippen LogP contribution in [0.3, 0.4) is 0 Å². The van der Waals surface area contributed by atoms with E-state index in [-0.39, 0.29) is 55.9 Å². The van der Waals surface area contributed by atoms with Gasteiger partial charge in [0.1, 0.15) is 11.5 Å². The van der Waals surface area contributed by atoms with E-state index in [0.29, 0.717) is 24.3 Å². The minimum absolute atomic E-state index is 0.00232. The van der Waals surface area contributed by atoms with Gasteiger partial charge in [0.05, 0.1) is 22.3 Å². The quantitative estimate of drug-likeness (QED) is 0.180. The molecule has 0 heterocycles. The fraction of sp³-hybridized carbons (Fsp3) is 0.111. The predicted octanol–water partition coefficient (Wildman–Crippen LogP) is 12.5. The second-order valence-corrected chi connectivity index (χ2v) is 11.4. The molecular weight excluding hydrogens is 692 g/mol. The van der Waals surface area contributed by atoms with Crippen molar-refractivity contribution >= 4 is 21.5 Å². The third-order valence-electron chi connectivity index (χ3n) is 8.09. The number of phenols is 2. The number of aromatic hydroxyl groups is 2. The number of rotatable bonds is 3. The summed E-state index contributed by atoms with van der Waals surface area (Å²) >= 11 is 0. The van der Waals surface area contributed by atoms with E-state index in [1.807, 2.05) is 0 Å². The number of hydrogen-bond acceptors (Lipinski definition) is 2. The van der Waals surface area contributed by atoms with E-state index in [0.717, 1.165) is 0 Å². The molecule has 258 valence electrons. The van der Waals surface area contributed by atoms with Crippen LogP contribution in [0.25, 0.3) is 54.9 Å². The van der Waals surface area contributed by atoms with Gasteiger partial charge in [-0.2, -0.15) is 52.7 Å². The van der Waals surface area contributed by atoms with Gasteiger partial charge < -0.3 is 10.2 Å². The second-order valence-electron chi connectivity index (χ2n) is 11.4. The molecule has 14 heteroatoms. The molecule has 2 nitrogen and oxygen atoms in total. The zero-order valence-electron chi connectivity index (χ0n) is 24.7. The summed E-state index contributed by atoms with van der Waals surface area (Å²) in [6, 6.07) is 15.0. The van der Waals surface area contributed by atoms with Crippen LogP contribution in [-0.4, -0.2) is 10.2 Å². The minimum atomic E-state index is -5.08. The molecule has 0 radical (unpaired) electrons. The van der Waals surface area contributed by atoms with Crippen molar-refractivity contribution in [3.8, 4) is 44.9 Å². The van der Waals surface area contributed by atoms with Gasteiger partial charge in [0.2, 0.25) is 0 Å². The van der Waals surface area contributed by atoms with Crippen LogP contribution in [0.4, 0.5) is 52.7 Å². The third kappa shape index (κ3) is 6.49. The van der Waals surface area contributed by atoms with Crippen molar-refractivity contribution in [2.75, 3.05) is 0 Å². The fourth-order valence-electron chi connectivity index (χ4n) is 5.76. The van der Waals surface area contributed by atoms with E-state index in [1.54, 1.807) is 0 Å².